The SMILES string of the molecule is COc1cc2c(c(Cl)n1)-c1cccnc1[C@H](C)C(=O)N2CC(=O)Nc1ccc(C(F)F)cc1. The zero-order valence-electron chi connectivity index (χ0n) is 17.7. The summed E-state index contributed by atoms with van der Waals surface area (Å²) in [4.78, 5) is 36.1. The van der Waals surface area contributed by atoms with Crippen LogP contribution in [0.3, 0.4) is 0 Å². The number of pyridine rings is 2. The molecule has 1 aliphatic heterocycles. The molecule has 0 bridgehead atoms. The number of nitrogens with one attached hydrogen (secondary N) is 1. The molecular formula is C23H19ClF2N4O3. The molecule has 0 saturated carbocycles. The standard InChI is InChI=1S/C23H19ClF2N4O3/c1-12-20-15(4-3-9-27-20)19-16(10-18(33-2)29-21(19)24)30(23(12)32)11-17(31)28-14-7-5-13(6-8-14)22(25)26/h3-10,12,22H,11H2,1-2H3,(H,28,31)/t12-/m0/s1. The van der Waals surface area contributed by atoms with Crippen molar-refractivity contribution in [1.82, 2.24) is 9.97 Å². The summed E-state index contributed by atoms with van der Waals surface area (Å²) in [5.74, 6) is -1.35. The number of fused-ring (bicyclic) bond motifs is 3. The molecule has 0 unspecified atom stereocenters. The molecule has 0 spiro atoms. The number of hydrogen-bond donors (Lipinski definition) is 1. The number of ether oxygens (including phenoxy) is 1. The number of carbonyl (C=O) groups is 2. The van der Waals surface area contributed by atoms with Gasteiger partial charge in [0.05, 0.1) is 24.4 Å². The number of halogens is 3. The van der Waals surface area contributed by atoms with E-state index < -0.39 is 18.3 Å². The van der Waals surface area contributed by atoms with Gasteiger partial charge in [-0.05, 0) is 25.1 Å². The summed E-state index contributed by atoms with van der Waals surface area (Å²) in [5.41, 5.74) is 2.15. The van der Waals surface area contributed by atoms with Crippen LogP contribution >= 0.6 is 11.6 Å². The van der Waals surface area contributed by atoms with Crippen LogP contribution < -0.4 is 15.0 Å². The molecule has 2 amide bonds. The molecule has 2 aromatic heterocycles. The van der Waals surface area contributed by atoms with E-state index in [1.165, 1.54) is 36.3 Å². The normalized spacial score (nSPS) is 15.0. The van der Waals surface area contributed by atoms with E-state index in [1.807, 2.05) is 0 Å². The van der Waals surface area contributed by atoms with Gasteiger partial charge < -0.3 is 15.0 Å². The third-order valence-electron chi connectivity index (χ3n) is 5.33. The van der Waals surface area contributed by atoms with Gasteiger partial charge >= 0.3 is 0 Å². The second-order valence-electron chi connectivity index (χ2n) is 7.40. The third kappa shape index (κ3) is 4.36. The number of methoxy groups -OCH3 is 1. The van der Waals surface area contributed by atoms with Gasteiger partial charge in [0.1, 0.15) is 11.7 Å². The van der Waals surface area contributed by atoms with Crippen molar-refractivity contribution in [3.05, 3.63) is 65.1 Å². The summed E-state index contributed by atoms with van der Waals surface area (Å²) in [6.07, 6.45) is -1.02. The highest BCUT2D eigenvalue weighted by atomic mass is 35.5. The molecular weight excluding hydrogens is 454 g/mol. The van der Waals surface area contributed by atoms with Gasteiger partial charge in [0.25, 0.3) is 6.43 Å². The molecule has 1 atom stereocenters. The van der Waals surface area contributed by atoms with Crippen LogP contribution in [-0.4, -0.2) is 35.4 Å². The van der Waals surface area contributed by atoms with Crippen LogP contribution in [0, 0.1) is 0 Å². The maximum atomic E-state index is 13.4. The topological polar surface area (TPSA) is 84.4 Å². The Labute approximate surface area is 193 Å². The summed E-state index contributed by atoms with van der Waals surface area (Å²) in [6, 6.07) is 10.3. The number of rotatable bonds is 5. The van der Waals surface area contributed by atoms with Crippen molar-refractivity contribution in [1.29, 1.82) is 0 Å². The zero-order chi connectivity index (χ0) is 23.7. The number of alkyl halides is 2. The lowest BCUT2D eigenvalue weighted by Gasteiger charge is -2.24. The second kappa shape index (κ2) is 9.11. The van der Waals surface area contributed by atoms with Gasteiger partial charge in [-0.1, -0.05) is 29.8 Å². The summed E-state index contributed by atoms with van der Waals surface area (Å²) in [5, 5.41) is 2.74. The lowest BCUT2D eigenvalue weighted by atomic mass is 9.98. The zero-order valence-corrected chi connectivity index (χ0v) is 18.4. The molecule has 3 aromatic rings. The van der Waals surface area contributed by atoms with Crippen LogP contribution in [0.15, 0.2) is 48.7 Å². The Kier molecular flexibility index (Phi) is 6.24. The first kappa shape index (κ1) is 22.6. The van der Waals surface area contributed by atoms with E-state index in [4.69, 9.17) is 16.3 Å². The Morgan fingerprint density at radius 3 is 2.67 bits per heavy atom. The lowest BCUT2D eigenvalue weighted by Crippen LogP contribution is -2.40. The fourth-order valence-corrected chi connectivity index (χ4v) is 3.99. The average molecular weight is 473 g/mol. The van der Waals surface area contributed by atoms with Gasteiger partial charge in [-0.25, -0.2) is 13.8 Å². The largest absolute Gasteiger partial charge is 0.481 e. The summed E-state index contributed by atoms with van der Waals surface area (Å²) >= 11 is 6.48. The first-order valence-electron chi connectivity index (χ1n) is 9.99. The quantitative estimate of drug-likeness (QED) is 0.537. The smallest absolute Gasteiger partial charge is 0.263 e. The minimum absolute atomic E-state index is 0.105. The number of anilines is 2. The molecule has 1 N–H and O–H groups in total. The molecule has 0 radical (unpaired) electrons. The van der Waals surface area contributed by atoms with Gasteiger partial charge in [0, 0.05) is 34.6 Å². The maximum absolute atomic E-state index is 13.4. The Hall–Kier alpha value is -3.59. The van der Waals surface area contributed by atoms with Crippen LogP contribution in [-0.2, 0) is 9.59 Å². The first-order valence-corrected chi connectivity index (χ1v) is 10.4. The van der Waals surface area contributed by atoms with Crippen molar-refractivity contribution in [2.45, 2.75) is 19.3 Å². The molecule has 7 nitrogen and oxygen atoms in total. The number of nitrogens with zero attached hydrogens (tertiary/aromatic N) is 3. The Balaban J connectivity index is 1.71. The fourth-order valence-electron chi connectivity index (χ4n) is 3.71. The average Bonchev–Trinajstić information content (AvgIpc) is 2.89. The van der Waals surface area contributed by atoms with Crippen LogP contribution in [0.2, 0.25) is 5.15 Å². The van der Waals surface area contributed by atoms with Crippen molar-refractivity contribution in [2.24, 2.45) is 0 Å². The number of hydrogen-bond acceptors (Lipinski definition) is 5. The fraction of sp³-hybridized carbons (Fsp3) is 0.217. The predicted octanol–water partition coefficient (Wildman–Crippen LogP) is 4.83. The molecule has 1 aromatic carbocycles. The number of carbonyl (C=O) groups excluding carboxylic acids is 2. The third-order valence-corrected chi connectivity index (χ3v) is 5.61. The van der Waals surface area contributed by atoms with Gasteiger partial charge in [-0.2, -0.15) is 0 Å². The van der Waals surface area contributed by atoms with Crippen LogP contribution in [0.25, 0.3) is 11.1 Å². The number of benzene rings is 1. The predicted molar refractivity (Wildman–Crippen MR) is 120 cm³/mol. The van der Waals surface area contributed by atoms with Gasteiger partial charge in [0.2, 0.25) is 17.7 Å². The molecule has 33 heavy (non-hydrogen) atoms. The molecule has 170 valence electrons. The first-order chi connectivity index (χ1) is 15.8. The van der Waals surface area contributed by atoms with Gasteiger partial charge in [-0.15, -0.1) is 0 Å². The summed E-state index contributed by atoms with van der Waals surface area (Å²) in [6.45, 7) is 1.36. The Morgan fingerprint density at radius 2 is 2.00 bits per heavy atom. The lowest BCUT2D eigenvalue weighted by molar-refractivity contribution is -0.122. The molecule has 1 aliphatic rings. The van der Waals surface area contributed by atoms with E-state index in [1.54, 1.807) is 31.3 Å². The highest BCUT2D eigenvalue weighted by molar-refractivity contribution is 6.33. The molecule has 0 saturated heterocycles. The van der Waals surface area contributed by atoms with E-state index in [0.717, 1.165) is 0 Å². The second-order valence-corrected chi connectivity index (χ2v) is 7.76. The molecule has 0 aliphatic carbocycles. The summed E-state index contributed by atoms with van der Waals surface area (Å²) < 4.78 is 30.8. The molecule has 3 heterocycles. The van der Waals surface area contributed by atoms with Crippen molar-refractivity contribution in [2.75, 3.05) is 23.9 Å². The Bertz CT molecular complexity index is 1220. The van der Waals surface area contributed by atoms with E-state index in [2.05, 4.69) is 15.3 Å². The molecule has 10 heteroatoms. The number of aromatic nitrogens is 2. The van der Waals surface area contributed by atoms with Crippen LogP contribution in [0.4, 0.5) is 20.2 Å². The van der Waals surface area contributed by atoms with Crippen molar-refractivity contribution in [3.63, 3.8) is 0 Å². The number of amides is 2. The Morgan fingerprint density at radius 1 is 1.27 bits per heavy atom. The minimum Gasteiger partial charge on any atom is -0.481 e. The van der Waals surface area contributed by atoms with Gasteiger partial charge in [0.15, 0.2) is 0 Å². The van der Waals surface area contributed by atoms with Crippen molar-refractivity contribution >= 4 is 34.8 Å². The van der Waals surface area contributed by atoms with E-state index in [0.29, 0.717) is 28.2 Å². The highest BCUT2D eigenvalue weighted by Crippen LogP contribution is 2.44. The highest BCUT2D eigenvalue weighted by Gasteiger charge is 2.35. The van der Waals surface area contributed by atoms with E-state index in [9.17, 15) is 18.4 Å². The van der Waals surface area contributed by atoms with E-state index >= 15 is 0 Å². The van der Waals surface area contributed by atoms with Gasteiger partial charge in [-0.3, -0.25) is 14.6 Å². The van der Waals surface area contributed by atoms with Crippen molar-refractivity contribution < 1.29 is 23.1 Å². The van der Waals surface area contributed by atoms with E-state index in [-0.39, 0.29) is 29.0 Å². The summed E-state index contributed by atoms with van der Waals surface area (Å²) in [7, 11) is 1.42. The monoisotopic (exact) mass is 472 g/mol. The molecule has 0 fully saturated rings. The van der Waals surface area contributed by atoms with Crippen molar-refractivity contribution in [3.8, 4) is 17.0 Å². The minimum atomic E-state index is -2.61. The molecule has 4 rings (SSSR count). The van der Waals surface area contributed by atoms with Crippen LogP contribution in [0.1, 0.15) is 30.5 Å². The maximum Gasteiger partial charge on any atom is 0.263 e. The van der Waals surface area contributed by atoms with Crippen LogP contribution in [0.5, 0.6) is 5.88 Å².